The molecule has 0 aromatic heterocycles. The van der Waals surface area contributed by atoms with Crippen LogP contribution in [0.5, 0.6) is 5.75 Å². The summed E-state index contributed by atoms with van der Waals surface area (Å²) in [4.78, 5) is 21.5. The smallest absolute Gasteiger partial charge is 0.251 e. The Balaban J connectivity index is 1.60. The number of methoxy groups -OCH3 is 1. The van der Waals surface area contributed by atoms with Gasteiger partial charge in [0.2, 0.25) is 0 Å². The molecule has 0 aliphatic carbocycles. The largest absolute Gasteiger partial charge is 0.497 e. The number of carbonyl (C=O) groups excluding carboxylic acids is 1. The average Bonchev–Trinajstić information content (AvgIpc) is 3.25. The van der Waals surface area contributed by atoms with Crippen LogP contribution in [-0.2, 0) is 16.1 Å². The van der Waals surface area contributed by atoms with Crippen LogP contribution in [0.4, 0.5) is 0 Å². The van der Waals surface area contributed by atoms with Crippen molar-refractivity contribution in [3.63, 3.8) is 0 Å². The Morgan fingerprint density at radius 2 is 2.00 bits per heavy atom. The van der Waals surface area contributed by atoms with Gasteiger partial charge >= 0.3 is 0 Å². The first-order valence-corrected chi connectivity index (χ1v) is 10.2. The molecule has 7 heteroatoms. The standard InChI is InChI=1S/C21H32N4O3/c1-4-22-21(23-15-17-12-16(2)13-18(14-17)27-3)25-9-7-24(8-10-25)20(26)19-6-5-11-28-19/h12-14,19H,4-11,15H2,1-3H3,(H,22,23). The minimum absolute atomic E-state index is 0.144. The molecular formula is C21H32N4O3. The maximum Gasteiger partial charge on any atom is 0.251 e. The van der Waals surface area contributed by atoms with E-state index in [1.807, 2.05) is 17.0 Å². The number of piperazine rings is 1. The first kappa shape index (κ1) is 20.5. The van der Waals surface area contributed by atoms with Gasteiger partial charge in [-0.1, -0.05) is 6.07 Å². The zero-order valence-electron chi connectivity index (χ0n) is 17.2. The summed E-state index contributed by atoms with van der Waals surface area (Å²) in [5.41, 5.74) is 2.29. The Kier molecular flexibility index (Phi) is 7.14. The molecule has 1 aromatic rings. The Morgan fingerprint density at radius 3 is 2.64 bits per heavy atom. The van der Waals surface area contributed by atoms with Gasteiger partial charge in [0.1, 0.15) is 11.9 Å². The lowest BCUT2D eigenvalue weighted by atomic mass is 10.1. The number of ether oxygens (including phenoxy) is 2. The van der Waals surface area contributed by atoms with E-state index >= 15 is 0 Å². The lowest BCUT2D eigenvalue weighted by Gasteiger charge is -2.37. The van der Waals surface area contributed by atoms with Gasteiger partial charge in [-0.25, -0.2) is 4.99 Å². The van der Waals surface area contributed by atoms with E-state index in [0.29, 0.717) is 26.2 Å². The number of guanidine groups is 1. The van der Waals surface area contributed by atoms with E-state index < -0.39 is 0 Å². The van der Waals surface area contributed by atoms with Crippen LogP contribution >= 0.6 is 0 Å². The van der Waals surface area contributed by atoms with Gasteiger partial charge in [0.25, 0.3) is 5.91 Å². The van der Waals surface area contributed by atoms with Crippen LogP contribution < -0.4 is 10.1 Å². The predicted molar refractivity (Wildman–Crippen MR) is 110 cm³/mol. The number of aliphatic imine (C=N–C) groups is 1. The van der Waals surface area contributed by atoms with Gasteiger partial charge in [0.15, 0.2) is 5.96 Å². The molecule has 2 aliphatic rings. The maximum atomic E-state index is 12.5. The number of aryl methyl sites for hydroxylation is 1. The third-order valence-corrected chi connectivity index (χ3v) is 5.19. The number of carbonyl (C=O) groups is 1. The van der Waals surface area contributed by atoms with Crippen LogP contribution in [0.2, 0.25) is 0 Å². The fourth-order valence-corrected chi connectivity index (χ4v) is 3.74. The van der Waals surface area contributed by atoms with E-state index in [9.17, 15) is 4.79 Å². The molecule has 1 amide bonds. The van der Waals surface area contributed by atoms with Crippen molar-refractivity contribution in [3.05, 3.63) is 29.3 Å². The summed E-state index contributed by atoms with van der Waals surface area (Å²) in [6, 6.07) is 6.18. The van der Waals surface area contributed by atoms with E-state index in [4.69, 9.17) is 14.5 Å². The molecule has 0 saturated carbocycles. The van der Waals surface area contributed by atoms with Crippen LogP contribution in [0.1, 0.15) is 30.9 Å². The van der Waals surface area contributed by atoms with Crippen molar-refractivity contribution in [2.75, 3.05) is 46.4 Å². The summed E-state index contributed by atoms with van der Waals surface area (Å²) in [6.45, 7) is 9.22. The predicted octanol–water partition coefficient (Wildman–Crippen LogP) is 1.79. The molecule has 0 spiro atoms. The first-order chi connectivity index (χ1) is 13.6. The quantitative estimate of drug-likeness (QED) is 0.615. The Morgan fingerprint density at radius 1 is 1.25 bits per heavy atom. The molecular weight excluding hydrogens is 356 g/mol. The second-order valence-electron chi connectivity index (χ2n) is 7.34. The number of nitrogens with zero attached hydrogens (tertiary/aromatic N) is 3. The minimum atomic E-state index is -0.232. The molecule has 2 fully saturated rings. The van der Waals surface area contributed by atoms with Crippen LogP contribution in [0.15, 0.2) is 23.2 Å². The van der Waals surface area contributed by atoms with E-state index in [-0.39, 0.29) is 12.0 Å². The van der Waals surface area contributed by atoms with Gasteiger partial charge in [-0.05, 0) is 49.9 Å². The van der Waals surface area contributed by atoms with Crippen LogP contribution in [-0.4, -0.2) is 74.2 Å². The molecule has 2 saturated heterocycles. The number of hydrogen-bond donors (Lipinski definition) is 1. The molecule has 2 aliphatic heterocycles. The third kappa shape index (κ3) is 5.16. The molecule has 1 atom stereocenters. The first-order valence-electron chi connectivity index (χ1n) is 10.2. The van der Waals surface area contributed by atoms with Crippen molar-refractivity contribution in [1.82, 2.24) is 15.1 Å². The Bertz CT molecular complexity index is 693. The van der Waals surface area contributed by atoms with E-state index in [0.717, 1.165) is 55.3 Å². The summed E-state index contributed by atoms with van der Waals surface area (Å²) in [7, 11) is 1.68. The normalized spacial score (nSPS) is 20.4. The molecule has 154 valence electrons. The average molecular weight is 389 g/mol. The van der Waals surface area contributed by atoms with Crippen molar-refractivity contribution >= 4 is 11.9 Å². The van der Waals surface area contributed by atoms with Gasteiger partial charge < -0.3 is 24.6 Å². The summed E-state index contributed by atoms with van der Waals surface area (Å²) in [6.07, 6.45) is 1.60. The van der Waals surface area contributed by atoms with Crippen LogP contribution in [0.3, 0.4) is 0 Å². The van der Waals surface area contributed by atoms with E-state index in [1.165, 1.54) is 0 Å². The van der Waals surface area contributed by atoms with Crippen molar-refractivity contribution in [2.24, 2.45) is 4.99 Å². The van der Waals surface area contributed by atoms with Crippen LogP contribution in [0.25, 0.3) is 0 Å². The van der Waals surface area contributed by atoms with Gasteiger partial charge in [-0.3, -0.25) is 4.79 Å². The van der Waals surface area contributed by atoms with Crippen molar-refractivity contribution in [2.45, 2.75) is 39.3 Å². The maximum absolute atomic E-state index is 12.5. The third-order valence-electron chi connectivity index (χ3n) is 5.19. The van der Waals surface area contributed by atoms with Gasteiger partial charge in [0.05, 0.1) is 13.7 Å². The molecule has 28 heavy (non-hydrogen) atoms. The lowest BCUT2D eigenvalue weighted by Crippen LogP contribution is -2.55. The van der Waals surface area contributed by atoms with Crippen LogP contribution in [0, 0.1) is 6.92 Å². The Hall–Kier alpha value is -2.28. The van der Waals surface area contributed by atoms with Crippen molar-refractivity contribution < 1.29 is 14.3 Å². The van der Waals surface area contributed by atoms with Crippen molar-refractivity contribution in [1.29, 1.82) is 0 Å². The zero-order chi connectivity index (χ0) is 19.9. The molecule has 1 N–H and O–H groups in total. The van der Waals surface area contributed by atoms with Gasteiger partial charge in [-0.15, -0.1) is 0 Å². The molecule has 2 heterocycles. The van der Waals surface area contributed by atoms with E-state index in [2.05, 4.69) is 30.1 Å². The second kappa shape index (κ2) is 9.78. The number of nitrogens with one attached hydrogen (secondary N) is 1. The number of amides is 1. The second-order valence-corrected chi connectivity index (χ2v) is 7.34. The summed E-state index contributed by atoms with van der Waals surface area (Å²) in [5, 5.41) is 3.38. The highest BCUT2D eigenvalue weighted by atomic mass is 16.5. The SMILES string of the molecule is CCNC(=NCc1cc(C)cc(OC)c1)N1CCN(C(=O)C2CCCO2)CC1. The number of hydrogen-bond acceptors (Lipinski definition) is 4. The summed E-state index contributed by atoms with van der Waals surface area (Å²) in [5.74, 6) is 1.90. The number of rotatable bonds is 5. The summed E-state index contributed by atoms with van der Waals surface area (Å²) < 4.78 is 10.9. The molecule has 3 rings (SSSR count). The minimum Gasteiger partial charge on any atom is -0.497 e. The Labute approximate surface area is 167 Å². The molecule has 0 bridgehead atoms. The van der Waals surface area contributed by atoms with Gasteiger partial charge in [-0.2, -0.15) is 0 Å². The monoisotopic (exact) mass is 388 g/mol. The zero-order valence-corrected chi connectivity index (χ0v) is 17.2. The fraction of sp³-hybridized carbons (Fsp3) is 0.619. The lowest BCUT2D eigenvalue weighted by molar-refractivity contribution is -0.142. The molecule has 1 unspecified atom stereocenters. The molecule has 7 nitrogen and oxygen atoms in total. The topological polar surface area (TPSA) is 66.4 Å². The number of benzene rings is 1. The highest BCUT2D eigenvalue weighted by Gasteiger charge is 2.30. The molecule has 1 aromatic carbocycles. The highest BCUT2D eigenvalue weighted by Crippen LogP contribution is 2.18. The molecule has 0 radical (unpaired) electrons. The highest BCUT2D eigenvalue weighted by molar-refractivity contribution is 5.82. The van der Waals surface area contributed by atoms with Crippen molar-refractivity contribution in [3.8, 4) is 5.75 Å². The van der Waals surface area contributed by atoms with E-state index in [1.54, 1.807) is 7.11 Å². The summed E-state index contributed by atoms with van der Waals surface area (Å²) >= 11 is 0. The van der Waals surface area contributed by atoms with Gasteiger partial charge in [0, 0.05) is 39.3 Å². The fourth-order valence-electron chi connectivity index (χ4n) is 3.74.